The molecular formula is C14H28BNO3. The standard InChI is InChI=1S/C14H28BNO3/c1-15(17)16-9-14(8-13(16)11-18-2)19-10-12-6-4-3-5-7-12/h12-14,17H,3-11H2,1-2H3/t13-,14?/m0/s1. The van der Waals surface area contributed by atoms with E-state index in [2.05, 4.69) is 4.81 Å². The second-order valence-corrected chi connectivity index (χ2v) is 6.13. The van der Waals surface area contributed by atoms with Gasteiger partial charge in [-0.05, 0) is 32.0 Å². The van der Waals surface area contributed by atoms with Crippen LogP contribution in [0.15, 0.2) is 0 Å². The summed E-state index contributed by atoms with van der Waals surface area (Å²) < 4.78 is 11.3. The van der Waals surface area contributed by atoms with Gasteiger partial charge < -0.3 is 19.3 Å². The lowest BCUT2D eigenvalue weighted by molar-refractivity contribution is 0.0277. The van der Waals surface area contributed by atoms with E-state index in [0.717, 1.165) is 25.5 Å². The Morgan fingerprint density at radius 3 is 2.58 bits per heavy atom. The zero-order valence-corrected chi connectivity index (χ0v) is 12.4. The molecule has 2 aliphatic rings. The van der Waals surface area contributed by atoms with Crippen molar-refractivity contribution in [1.29, 1.82) is 0 Å². The number of methoxy groups -OCH3 is 1. The summed E-state index contributed by atoms with van der Waals surface area (Å²) in [5.74, 6) is 0.759. The third-order valence-corrected chi connectivity index (χ3v) is 4.55. The van der Waals surface area contributed by atoms with Crippen molar-refractivity contribution < 1.29 is 14.5 Å². The van der Waals surface area contributed by atoms with Gasteiger partial charge in [0.1, 0.15) is 0 Å². The van der Waals surface area contributed by atoms with Crippen molar-refractivity contribution in [3.05, 3.63) is 0 Å². The maximum absolute atomic E-state index is 9.80. The van der Waals surface area contributed by atoms with E-state index in [9.17, 15) is 5.02 Å². The van der Waals surface area contributed by atoms with Crippen LogP contribution in [0.25, 0.3) is 0 Å². The van der Waals surface area contributed by atoms with Gasteiger partial charge in [-0.3, -0.25) is 0 Å². The molecule has 1 saturated carbocycles. The molecule has 4 nitrogen and oxygen atoms in total. The van der Waals surface area contributed by atoms with Crippen molar-refractivity contribution in [2.45, 2.75) is 57.5 Å². The Bertz CT molecular complexity index is 259. The van der Waals surface area contributed by atoms with Crippen molar-refractivity contribution in [1.82, 2.24) is 4.81 Å². The van der Waals surface area contributed by atoms with Gasteiger partial charge >= 0.3 is 7.05 Å². The molecule has 0 aromatic heterocycles. The highest BCUT2D eigenvalue weighted by Crippen LogP contribution is 2.26. The SMILES string of the molecule is COC[C@@H]1CC(OCC2CCCCC2)CN1B(C)O. The normalized spacial score (nSPS) is 29.8. The van der Waals surface area contributed by atoms with Gasteiger partial charge in [0.05, 0.1) is 12.7 Å². The molecule has 0 bridgehead atoms. The Morgan fingerprint density at radius 1 is 1.21 bits per heavy atom. The number of hydrogen-bond donors (Lipinski definition) is 1. The maximum Gasteiger partial charge on any atom is 0.376 e. The third-order valence-electron chi connectivity index (χ3n) is 4.55. The molecule has 1 saturated heterocycles. The predicted molar refractivity (Wildman–Crippen MR) is 77.1 cm³/mol. The Labute approximate surface area is 117 Å². The Morgan fingerprint density at radius 2 is 1.95 bits per heavy atom. The van der Waals surface area contributed by atoms with Crippen LogP contribution in [0.5, 0.6) is 0 Å². The van der Waals surface area contributed by atoms with E-state index in [1.165, 1.54) is 32.1 Å². The summed E-state index contributed by atoms with van der Waals surface area (Å²) in [6.45, 7) is 4.23. The van der Waals surface area contributed by atoms with Crippen LogP contribution in [-0.4, -0.2) is 55.9 Å². The summed E-state index contributed by atoms with van der Waals surface area (Å²) in [5, 5.41) is 9.80. The van der Waals surface area contributed by atoms with E-state index in [1.807, 2.05) is 6.82 Å². The van der Waals surface area contributed by atoms with E-state index in [0.29, 0.717) is 12.6 Å². The minimum absolute atomic E-state index is 0.261. The van der Waals surface area contributed by atoms with E-state index < -0.39 is 7.05 Å². The zero-order valence-electron chi connectivity index (χ0n) is 12.4. The molecule has 2 fully saturated rings. The first-order chi connectivity index (χ1) is 9.20. The first kappa shape index (κ1) is 15.3. The maximum atomic E-state index is 9.80. The van der Waals surface area contributed by atoms with Crippen LogP contribution in [0.2, 0.25) is 6.82 Å². The van der Waals surface area contributed by atoms with Crippen LogP contribution >= 0.6 is 0 Å². The van der Waals surface area contributed by atoms with Crippen LogP contribution in [0, 0.1) is 5.92 Å². The molecule has 1 heterocycles. The highest BCUT2D eigenvalue weighted by molar-refractivity contribution is 6.45. The lowest BCUT2D eigenvalue weighted by atomic mass is 9.84. The molecule has 2 rings (SSSR count). The average Bonchev–Trinajstić information content (AvgIpc) is 2.81. The summed E-state index contributed by atoms with van der Waals surface area (Å²) in [7, 11) is 1.31. The molecule has 0 aromatic carbocycles. The van der Waals surface area contributed by atoms with E-state index in [4.69, 9.17) is 9.47 Å². The lowest BCUT2D eigenvalue weighted by Gasteiger charge is -2.24. The van der Waals surface area contributed by atoms with Crippen molar-refractivity contribution in [3.63, 3.8) is 0 Å². The van der Waals surface area contributed by atoms with Gasteiger partial charge in [-0.15, -0.1) is 0 Å². The molecule has 1 unspecified atom stereocenters. The van der Waals surface area contributed by atoms with Gasteiger partial charge in [-0.1, -0.05) is 19.3 Å². The molecule has 0 aromatic rings. The zero-order chi connectivity index (χ0) is 13.7. The quantitative estimate of drug-likeness (QED) is 0.746. The van der Waals surface area contributed by atoms with Gasteiger partial charge in [0.25, 0.3) is 0 Å². The van der Waals surface area contributed by atoms with Crippen LogP contribution in [0.4, 0.5) is 0 Å². The largest absolute Gasteiger partial charge is 0.437 e. The third kappa shape index (κ3) is 4.45. The van der Waals surface area contributed by atoms with Gasteiger partial charge in [0.2, 0.25) is 0 Å². The molecule has 5 heteroatoms. The van der Waals surface area contributed by atoms with Crippen molar-refractivity contribution in [2.75, 3.05) is 26.9 Å². The van der Waals surface area contributed by atoms with Crippen molar-refractivity contribution in [2.24, 2.45) is 5.92 Å². The highest BCUT2D eigenvalue weighted by Gasteiger charge is 2.36. The number of rotatable bonds is 6. The average molecular weight is 269 g/mol. The smallest absolute Gasteiger partial charge is 0.376 e. The summed E-state index contributed by atoms with van der Waals surface area (Å²) in [5.41, 5.74) is 0. The summed E-state index contributed by atoms with van der Waals surface area (Å²) in [6, 6.07) is 0.293. The van der Waals surface area contributed by atoms with E-state index in [-0.39, 0.29) is 6.10 Å². The van der Waals surface area contributed by atoms with Gasteiger partial charge in [0.15, 0.2) is 0 Å². The van der Waals surface area contributed by atoms with Gasteiger partial charge in [0, 0.05) is 26.3 Å². The molecule has 1 aliphatic heterocycles. The summed E-state index contributed by atoms with van der Waals surface area (Å²) in [4.78, 5) is 2.09. The minimum atomic E-state index is -0.413. The predicted octanol–water partition coefficient (Wildman–Crippen LogP) is 1.78. The molecule has 0 amide bonds. The van der Waals surface area contributed by atoms with Gasteiger partial charge in [-0.25, -0.2) is 0 Å². The van der Waals surface area contributed by atoms with E-state index in [1.54, 1.807) is 7.11 Å². The molecular weight excluding hydrogens is 241 g/mol. The van der Waals surface area contributed by atoms with E-state index >= 15 is 0 Å². The fraction of sp³-hybridized carbons (Fsp3) is 1.00. The van der Waals surface area contributed by atoms with Crippen LogP contribution in [0.3, 0.4) is 0 Å². The Kier molecular flexibility index (Phi) is 6.14. The van der Waals surface area contributed by atoms with Gasteiger partial charge in [-0.2, -0.15) is 0 Å². The number of ether oxygens (including phenoxy) is 2. The molecule has 2 atom stereocenters. The molecule has 1 aliphatic carbocycles. The molecule has 0 radical (unpaired) electrons. The number of hydrogen-bond acceptors (Lipinski definition) is 4. The molecule has 110 valence electrons. The Balaban J connectivity index is 1.75. The highest BCUT2D eigenvalue weighted by atomic mass is 16.5. The van der Waals surface area contributed by atoms with Crippen LogP contribution in [-0.2, 0) is 9.47 Å². The van der Waals surface area contributed by atoms with Crippen molar-refractivity contribution in [3.8, 4) is 0 Å². The Hall–Kier alpha value is -0.0951. The fourth-order valence-corrected chi connectivity index (χ4v) is 3.46. The van der Waals surface area contributed by atoms with Crippen molar-refractivity contribution >= 4 is 7.05 Å². The fourth-order valence-electron chi connectivity index (χ4n) is 3.46. The summed E-state index contributed by atoms with van der Waals surface area (Å²) >= 11 is 0. The first-order valence-corrected chi connectivity index (χ1v) is 7.75. The van der Waals surface area contributed by atoms with Crippen LogP contribution in [0.1, 0.15) is 38.5 Å². The minimum Gasteiger partial charge on any atom is -0.437 e. The number of nitrogens with zero attached hydrogens (tertiary/aromatic N) is 1. The topological polar surface area (TPSA) is 41.9 Å². The molecule has 0 spiro atoms. The summed E-state index contributed by atoms with van der Waals surface area (Å²) in [6.07, 6.45) is 8.02. The van der Waals surface area contributed by atoms with Crippen LogP contribution < -0.4 is 0 Å². The monoisotopic (exact) mass is 269 g/mol. The molecule has 19 heavy (non-hydrogen) atoms. The first-order valence-electron chi connectivity index (χ1n) is 7.75. The second-order valence-electron chi connectivity index (χ2n) is 6.13. The lowest BCUT2D eigenvalue weighted by Crippen LogP contribution is -2.43. The molecule has 1 N–H and O–H groups in total. The second kappa shape index (κ2) is 7.62.